The van der Waals surface area contributed by atoms with Crippen molar-refractivity contribution in [3.8, 4) is 5.75 Å². The van der Waals surface area contributed by atoms with Gasteiger partial charge in [-0.1, -0.05) is 18.2 Å². The Morgan fingerprint density at radius 3 is 2.91 bits per heavy atom. The number of aliphatic hydroxyl groups excluding tert-OH is 1. The van der Waals surface area contributed by atoms with Crippen LogP contribution in [0.5, 0.6) is 5.75 Å². The lowest BCUT2D eigenvalue weighted by molar-refractivity contribution is 0.183. The number of aliphatic hydroxyl groups is 1. The van der Waals surface area contributed by atoms with Gasteiger partial charge < -0.3 is 9.84 Å². The molecular formula is C18H20N2O2S. The highest BCUT2D eigenvalue weighted by Crippen LogP contribution is 2.22. The molecule has 0 aliphatic carbocycles. The molecule has 4 nitrogen and oxygen atoms in total. The van der Waals surface area contributed by atoms with E-state index < -0.39 is 0 Å². The Balaban J connectivity index is 1.78. The number of rotatable bonds is 7. The van der Waals surface area contributed by atoms with Crippen LogP contribution in [-0.2, 0) is 13.1 Å². The molecule has 5 heteroatoms. The topological polar surface area (TPSA) is 45.6 Å². The van der Waals surface area contributed by atoms with Crippen LogP contribution in [0.2, 0.25) is 0 Å². The van der Waals surface area contributed by atoms with Crippen LogP contribution in [0.1, 0.15) is 11.1 Å². The second-order valence-corrected chi connectivity index (χ2v) is 6.34. The van der Waals surface area contributed by atoms with E-state index in [9.17, 15) is 5.11 Å². The second-order valence-electron chi connectivity index (χ2n) is 5.39. The van der Waals surface area contributed by atoms with Crippen LogP contribution in [0.15, 0.2) is 48.0 Å². The van der Waals surface area contributed by atoms with E-state index in [0.717, 1.165) is 35.5 Å². The number of nitrogens with zero attached hydrogens (tertiary/aromatic N) is 2. The number of fused-ring (bicyclic) bond motifs is 1. The first kappa shape index (κ1) is 15.9. The molecule has 0 saturated carbocycles. The molecule has 0 amide bonds. The molecule has 0 saturated heterocycles. The summed E-state index contributed by atoms with van der Waals surface area (Å²) < 4.78 is 6.62. The van der Waals surface area contributed by atoms with E-state index in [-0.39, 0.29) is 6.61 Å². The van der Waals surface area contributed by atoms with Crippen molar-refractivity contribution in [1.82, 2.24) is 9.88 Å². The molecular weight excluding hydrogens is 308 g/mol. The Morgan fingerprint density at radius 1 is 1.22 bits per heavy atom. The highest BCUT2D eigenvalue weighted by atomic mass is 32.1. The Kier molecular flexibility index (Phi) is 5.23. The number of aromatic nitrogens is 1. The molecule has 0 unspecified atom stereocenters. The first-order valence-electron chi connectivity index (χ1n) is 7.57. The van der Waals surface area contributed by atoms with E-state index in [4.69, 9.17) is 4.74 Å². The van der Waals surface area contributed by atoms with E-state index in [1.165, 1.54) is 4.70 Å². The van der Waals surface area contributed by atoms with Gasteiger partial charge >= 0.3 is 0 Å². The number of pyridine rings is 1. The molecule has 2 aromatic heterocycles. The molecule has 0 atom stereocenters. The Hall–Kier alpha value is -1.95. The van der Waals surface area contributed by atoms with Crippen LogP contribution in [0.25, 0.3) is 10.2 Å². The quantitative estimate of drug-likeness (QED) is 0.723. The summed E-state index contributed by atoms with van der Waals surface area (Å²) in [6.07, 6.45) is 1.92. The van der Waals surface area contributed by atoms with Crippen molar-refractivity contribution in [2.75, 3.05) is 20.3 Å². The molecule has 23 heavy (non-hydrogen) atoms. The van der Waals surface area contributed by atoms with Crippen molar-refractivity contribution in [3.05, 3.63) is 59.1 Å². The summed E-state index contributed by atoms with van der Waals surface area (Å²) in [4.78, 5) is 6.69. The van der Waals surface area contributed by atoms with Gasteiger partial charge in [-0.05, 0) is 29.1 Å². The number of para-hydroxylation sites is 1. The van der Waals surface area contributed by atoms with Crippen LogP contribution in [0.4, 0.5) is 0 Å². The predicted octanol–water partition coefficient (Wildman–Crippen LogP) is 3.30. The van der Waals surface area contributed by atoms with Gasteiger partial charge in [-0.3, -0.25) is 9.88 Å². The van der Waals surface area contributed by atoms with Gasteiger partial charge in [-0.25, -0.2) is 0 Å². The van der Waals surface area contributed by atoms with E-state index in [1.54, 1.807) is 18.4 Å². The minimum absolute atomic E-state index is 0.129. The Morgan fingerprint density at radius 2 is 2.09 bits per heavy atom. The average molecular weight is 328 g/mol. The van der Waals surface area contributed by atoms with Crippen LogP contribution in [0.3, 0.4) is 0 Å². The summed E-state index contributed by atoms with van der Waals surface area (Å²) >= 11 is 1.70. The summed E-state index contributed by atoms with van der Waals surface area (Å²) in [5.41, 5.74) is 3.31. The fraction of sp³-hybridized carbons (Fsp3) is 0.278. The van der Waals surface area contributed by atoms with E-state index in [2.05, 4.69) is 27.4 Å². The average Bonchev–Trinajstić information content (AvgIpc) is 3.03. The van der Waals surface area contributed by atoms with E-state index in [0.29, 0.717) is 6.54 Å². The lowest BCUT2D eigenvalue weighted by atomic mass is 10.1. The molecule has 120 valence electrons. The highest BCUT2D eigenvalue weighted by molar-refractivity contribution is 7.17. The lowest BCUT2D eigenvalue weighted by Gasteiger charge is -2.22. The molecule has 1 aromatic carbocycles. The van der Waals surface area contributed by atoms with Gasteiger partial charge in [0.2, 0.25) is 0 Å². The Labute approximate surface area is 140 Å². The van der Waals surface area contributed by atoms with Gasteiger partial charge in [-0.15, -0.1) is 11.3 Å². The molecule has 0 bridgehead atoms. The van der Waals surface area contributed by atoms with Crippen molar-refractivity contribution >= 4 is 21.6 Å². The predicted molar refractivity (Wildman–Crippen MR) is 93.8 cm³/mol. The van der Waals surface area contributed by atoms with Gasteiger partial charge in [0.25, 0.3) is 0 Å². The number of hydrogen-bond acceptors (Lipinski definition) is 5. The molecule has 0 radical (unpaired) electrons. The van der Waals surface area contributed by atoms with Crippen LogP contribution in [-0.4, -0.2) is 35.3 Å². The molecule has 1 N–H and O–H groups in total. The minimum Gasteiger partial charge on any atom is -0.496 e. The molecule has 3 aromatic rings. The number of ether oxygens (including phenoxy) is 1. The maximum atomic E-state index is 9.37. The summed E-state index contributed by atoms with van der Waals surface area (Å²) in [5, 5.41) is 11.4. The highest BCUT2D eigenvalue weighted by Gasteiger charge is 2.11. The fourth-order valence-electron chi connectivity index (χ4n) is 2.66. The van der Waals surface area contributed by atoms with Crippen LogP contribution in [0, 0.1) is 0 Å². The SMILES string of the molecule is COc1ccccc1CN(CCO)Cc1cnc2ccsc2c1. The van der Waals surface area contributed by atoms with E-state index >= 15 is 0 Å². The van der Waals surface area contributed by atoms with Gasteiger partial charge in [0.1, 0.15) is 5.75 Å². The van der Waals surface area contributed by atoms with Crippen molar-refractivity contribution in [1.29, 1.82) is 0 Å². The molecule has 0 aliphatic heterocycles. The maximum absolute atomic E-state index is 9.37. The van der Waals surface area contributed by atoms with Crippen molar-refractivity contribution in [3.63, 3.8) is 0 Å². The van der Waals surface area contributed by atoms with Gasteiger partial charge in [-0.2, -0.15) is 0 Å². The smallest absolute Gasteiger partial charge is 0.123 e. The van der Waals surface area contributed by atoms with Crippen LogP contribution < -0.4 is 4.74 Å². The van der Waals surface area contributed by atoms with Crippen molar-refractivity contribution < 1.29 is 9.84 Å². The zero-order chi connectivity index (χ0) is 16.1. The van der Waals surface area contributed by atoms with Gasteiger partial charge in [0, 0.05) is 31.4 Å². The third-order valence-corrected chi connectivity index (χ3v) is 4.62. The zero-order valence-corrected chi connectivity index (χ0v) is 13.9. The second kappa shape index (κ2) is 7.55. The zero-order valence-electron chi connectivity index (χ0n) is 13.1. The molecule has 3 rings (SSSR count). The maximum Gasteiger partial charge on any atom is 0.123 e. The fourth-order valence-corrected chi connectivity index (χ4v) is 3.47. The van der Waals surface area contributed by atoms with Crippen molar-refractivity contribution in [2.45, 2.75) is 13.1 Å². The summed E-state index contributed by atoms with van der Waals surface area (Å²) in [6, 6.07) is 12.2. The number of benzene rings is 1. The lowest BCUT2D eigenvalue weighted by Crippen LogP contribution is -2.26. The first-order valence-corrected chi connectivity index (χ1v) is 8.45. The van der Waals surface area contributed by atoms with Gasteiger partial charge in [0.15, 0.2) is 0 Å². The number of thiophene rings is 1. The monoisotopic (exact) mass is 328 g/mol. The van der Waals surface area contributed by atoms with Gasteiger partial charge in [0.05, 0.1) is 23.9 Å². The third kappa shape index (κ3) is 3.88. The number of methoxy groups -OCH3 is 1. The summed E-state index contributed by atoms with van der Waals surface area (Å²) in [7, 11) is 1.68. The molecule has 0 spiro atoms. The van der Waals surface area contributed by atoms with E-state index in [1.807, 2.05) is 30.5 Å². The third-order valence-electron chi connectivity index (χ3n) is 3.77. The summed E-state index contributed by atoms with van der Waals surface area (Å²) in [5.74, 6) is 0.877. The summed E-state index contributed by atoms with van der Waals surface area (Å²) in [6.45, 7) is 2.22. The minimum atomic E-state index is 0.129. The molecule has 0 aliphatic rings. The standard InChI is InChI=1S/C18H20N2O2S/c1-22-17-5-3-2-4-15(17)13-20(7-8-21)12-14-10-18-16(19-11-14)6-9-23-18/h2-6,9-11,21H,7-8,12-13H2,1H3. The Bertz CT molecular complexity index is 772. The number of hydrogen-bond donors (Lipinski definition) is 1. The van der Waals surface area contributed by atoms with Crippen LogP contribution >= 0.6 is 11.3 Å². The largest absolute Gasteiger partial charge is 0.496 e. The molecule has 0 fully saturated rings. The first-order chi connectivity index (χ1) is 11.3. The normalized spacial score (nSPS) is 11.3. The molecule has 2 heterocycles. The van der Waals surface area contributed by atoms with Crippen molar-refractivity contribution in [2.24, 2.45) is 0 Å².